The Morgan fingerprint density at radius 2 is 2.33 bits per heavy atom. The van der Waals surface area contributed by atoms with Crippen LogP contribution in [0.1, 0.15) is 38.1 Å². The Labute approximate surface area is 125 Å². The van der Waals surface area contributed by atoms with Crippen LogP contribution in [0.2, 0.25) is 0 Å². The van der Waals surface area contributed by atoms with Gasteiger partial charge in [-0.3, -0.25) is 4.90 Å². The summed E-state index contributed by atoms with van der Waals surface area (Å²) < 4.78 is 7.49. The molecule has 21 heavy (non-hydrogen) atoms. The molecule has 1 unspecified atom stereocenters. The number of imidazole rings is 1. The fraction of sp³-hybridized carbons (Fsp3) is 0.625. The Morgan fingerprint density at radius 1 is 1.43 bits per heavy atom. The predicted octanol–water partition coefficient (Wildman–Crippen LogP) is 2.62. The molecule has 0 saturated carbocycles. The SMILES string of the molecule is CCN1CCCC1c1nc2cccnc2n1CCCOC. The van der Waals surface area contributed by atoms with Crippen molar-refractivity contribution in [3.05, 3.63) is 24.2 Å². The van der Waals surface area contributed by atoms with Gasteiger partial charge in [0.1, 0.15) is 11.3 Å². The zero-order valence-corrected chi connectivity index (χ0v) is 13.0. The zero-order valence-electron chi connectivity index (χ0n) is 13.0. The smallest absolute Gasteiger partial charge is 0.160 e. The van der Waals surface area contributed by atoms with Gasteiger partial charge in [-0.2, -0.15) is 0 Å². The lowest BCUT2D eigenvalue weighted by atomic mass is 10.2. The van der Waals surface area contributed by atoms with Gasteiger partial charge in [-0.15, -0.1) is 0 Å². The number of ether oxygens (including phenoxy) is 1. The van der Waals surface area contributed by atoms with Crippen LogP contribution in [-0.2, 0) is 11.3 Å². The number of hydrogen-bond donors (Lipinski definition) is 0. The van der Waals surface area contributed by atoms with E-state index in [-0.39, 0.29) is 0 Å². The number of rotatable bonds is 6. The van der Waals surface area contributed by atoms with Crippen molar-refractivity contribution in [3.63, 3.8) is 0 Å². The summed E-state index contributed by atoms with van der Waals surface area (Å²) in [7, 11) is 1.75. The van der Waals surface area contributed by atoms with Gasteiger partial charge in [0.15, 0.2) is 5.65 Å². The summed E-state index contributed by atoms with van der Waals surface area (Å²) in [4.78, 5) is 12.0. The standard InChI is InChI=1S/C16H24N4O/c1-3-19-10-5-8-14(19)16-18-13-7-4-9-17-15(13)20(16)11-6-12-21-2/h4,7,9,14H,3,5-6,8,10-12H2,1-2H3. The maximum atomic E-state index is 5.20. The molecule has 0 amide bonds. The minimum Gasteiger partial charge on any atom is -0.385 e. The van der Waals surface area contributed by atoms with Gasteiger partial charge in [0, 0.05) is 26.5 Å². The van der Waals surface area contributed by atoms with Gasteiger partial charge >= 0.3 is 0 Å². The molecule has 2 aromatic rings. The number of hydrogen-bond acceptors (Lipinski definition) is 4. The van der Waals surface area contributed by atoms with E-state index in [2.05, 4.69) is 27.4 Å². The van der Waals surface area contributed by atoms with Crippen LogP contribution < -0.4 is 0 Å². The van der Waals surface area contributed by atoms with Crippen molar-refractivity contribution in [2.75, 3.05) is 26.8 Å². The Kier molecular flexibility index (Phi) is 4.51. The van der Waals surface area contributed by atoms with E-state index in [0.29, 0.717) is 6.04 Å². The highest BCUT2D eigenvalue weighted by atomic mass is 16.5. The third-order valence-corrected chi connectivity index (χ3v) is 4.33. The van der Waals surface area contributed by atoms with Gasteiger partial charge in [0.05, 0.1) is 6.04 Å². The summed E-state index contributed by atoms with van der Waals surface area (Å²) in [5, 5.41) is 0. The monoisotopic (exact) mass is 288 g/mol. The van der Waals surface area contributed by atoms with E-state index >= 15 is 0 Å². The Bertz CT molecular complexity index is 595. The van der Waals surface area contributed by atoms with E-state index in [1.165, 1.54) is 25.2 Å². The van der Waals surface area contributed by atoms with Crippen molar-refractivity contribution in [3.8, 4) is 0 Å². The van der Waals surface area contributed by atoms with Crippen LogP contribution in [0.3, 0.4) is 0 Å². The highest BCUT2D eigenvalue weighted by Crippen LogP contribution is 2.32. The number of methoxy groups -OCH3 is 1. The van der Waals surface area contributed by atoms with E-state index in [0.717, 1.165) is 37.3 Å². The minimum absolute atomic E-state index is 0.437. The van der Waals surface area contributed by atoms with E-state index in [1.54, 1.807) is 7.11 Å². The molecule has 0 aromatic carbocycles. The van der Waals surface area contributed by atoms with Crippen LogP contribution in [0.15, 0.2) is 18.3 Å². The molecular weight excluding hydrogens is 264 g/mol. The third kappa shape index (κ3) is 2.80. The molecule has 0 bridgehead atoms. The van der Waals surface area contributed by atoms with E-state index in [9.17, 15) is 0 Å². The fourth-order valence-electron chi connectivity index (χ4n) is 3.31. The van der Waals surface area contributed by atoms with Crippen molar-refractivity contribution in [1.82, 2.24) is 19.4 Å². The molecule has 3 heterocycles. The summed E-state index contributed by atoms with van der Waals surface area (Å²) >= 11 is 0. The molecule has 1 atom stereocenters. The summed E-state index contributed by atoms with van der Waals surface area (Å²) in [5.74, 6) is 1.18. The van der Waals surface area contributed by atoms with Crippen molar-refractivity contribution < 1.29 is 4.74 Å². The van der Waals surface area contributed by atoms with Gasteiger partial charge in [-0.1, -0.05) is 6.92 Å². The first-order valence-electron chi connectivity index (χ1n) is 7.89. The van der Waals surface area contributed by atoms with E-state index in [1.807, 2.05) is 12.3 Å². The fourth-order valence-corrected chi connectivity index (χ4v) is 3.31. The average molecular weight is 288 g/mol. The largest absolute Gasteiger partial charge is 0.385 e. The second-order valence-corrected chi connectivity index (χ2v) is 5.60. The quantitative estimate of drug-likeness (QED) is 0.766. The minimum atomic E-state index is 0.437. The lowest BCUT2D eigenvalue weighted by molar-refractivity contribution is 0.189. The first kappa shape index (κ1) is 14.5. The van der Waals surface area contributed by atoms with Gasteiger partial charge in [-0.05, 0) is 44.5 Å². The van der Waals surface area contributed by atoms with Crippen molar-refractivity contribution in [1.29, 1.82) is 0 Å². The number of fused-ring (bicyclic) bond motifs is 1. The Balaban J connectivity index is 1.97. The molecule has 0 N–H and O–H groups in total. The lowest BCUT2D eigenvalue weighted by Crippen LogP contribution is -2.25. The van der Waals surface area contributed by atoms with Crippen LogP contribution in [0.25, 0.3) is 11.2 Å². The summed E-state index contributed by atoms with van der Waals surface area (Å²) in [6.07, 6.45) is 5.30. The highest BCUT2D eigenvalue weighted by Gasteiger charge is 2.29. The van der Waals surface area contributed by atoms with Gasteiger partial charge in [0.2, 0.25) is 0 Å². The van der Waals surface area contributed by atoms with E-state index in [4.69, 9.17) is 9.72 Å². The van der Waals surface area contributed by atoms with Gasteiger partial charge < -0.3 is 9.30 Å². The Morgan fingerprint density at radius 3 is 3.14 bits per heavy atom. The summed E-state index contributed by atoms with van der Waals surface area (Å²) in [5.41, 5.74) is 2.01. The van der Waals surface area contributed by atoms with E-state index < -0.39 is 0 Å². The molecule has 1 aliphatic heterocycles. The second-order valence-electron chi connectivity index (χ2n) is 5.60. The third-order valence-electron chi connectivity index (χ3n) is 4.33. The number of pyridine rings is 1. The summed E-state index contributed by atoms with van der Waals surface area (Å²) in [6, 6.07) is 4.46. The van der Waals surface area contributed by atoms with Gasteiger partial charge in [0.25, 0.3) is 0 Å². The second kappa shape index (κ2) is 6.54. The van der Waals surface area contributed by atoms with Crippen LogP contribution in [-0.4, -0.2) is 46.2 Å². The molecule has 0 radical (unpaired) electrons. The molecule has 2 aromatic heterocycles. The topological polar surface area (TPSA) is 43.2 Å². The van der Waals surface area contributed by atoms with Crippen molar-refractivity contribution in [2.45, 2.75) is 38.8 Å². The molecule has 1 saturated heterocycles. The molecule has 5 heteroatoms. The molecule has 0 aliphatic carbocycles. The van der Waals surface area contributed by atoms with Crippen LogP contribution in [0.5, 0.6) is 0 Å². The van der Waals surface area contributed by atoms with Crippen molar-refractivity contribution >= 4 is 11.2 Å². The highest BCUT2D eigenvalue weighted by molar-refractivity contribution is 5.71. The number of aromatic nitrogens is 3. The lowest BCUT2D eigenvalue weighted by Gasteiger charge is -2.23. The maximum absolute atomic E-state index is 5.20. The maximum Gasteiger partial charge on any atom is 0.160 e. The number of likely N-dealkylation sites (tertiary alicyclic amines) is 1. The molecule has 114 valence electrons. The molecule has 1 aliphatic rings. The molecule has 1 fully saturated rings. The van der Waals surface area contributed by atoms with Gasteiger partial charge in [-0.25, -0.2) is 9.97 Å². The number of nitrogens with zero attached hydrogens (tertiary/aromatic N) is 4. The molecule has 0 spiro atoms. The first-order valence-corrected chi connectivity index (χ1v) is 7.89. The zero-order chi connectivity index (χ0) is 14.7. The van der Waals surface area contributed by atoms with Crippen LogP contribution in [0, 0.1) is 0 Å². The Hall–Kier alpha value is -1.46. The van der Waals surface area contributed by atoms with Crippen LogP contribution >= 0.6 is 0 Å². The summed E-state index contributed by atoms with van der Waals surface area (Å²) in [6.45, 7) is 6.18. The number of aryl methyl sites for hydroxylation is 1. The first-order chi connectivity index (χ1) is 10.3. The molecule has 3 rings (SSSR count). The normalized spacial score (nSPS) is 19.6. The van der Waals surface area contributed by atoms with Crippen LogP contribution in [0.4, 0.5) is 0 Å². The average Bonchev–Trinajstić information content (AvgIpc) is 3.11. The molecular formula is C16H24N4O. The molecule has 5 nitrogen and oxygen atoms in total. The predicted molar refractivity (Wildman–Crippen MR) is 83.2 cm³/mol. The van der Waals surface area contributed by atoms with Crippen molar-refractivity contribution in [2.24, 2.45) is 0 Å².